The van der Waals surface area contributed by atoms with Crippen LogP contribution in [-0.4, -0.2) is 13.1 Å². The van der Waals surface area contributed by atoms with E-state index in [1.165, 1.54) is 6.42 Å². The van der Waals surface area contributed by atoms with Crippen LogP contribution in [0.2, 0.25) is 0 Å². The average molecular weight is 170 g/mol. The fourth-order valence-corrected chi connectivity index (χ4v) is 1.68. The Kier molecular flexibility index (Phi) is 2.01. The van der Waals surface area contributed by atoms with Gasteiger partial charge in [0.1, 0.15) is 0 Å². The normalized spacial score (nSPS) is 25.5. The molecule has 1 fully saturated rings. The summed E-state index contributed by atoms with van der Waals surface area (Å²) >= 11 is 5.85. The summed E-state index contributed by atoms with van der Waals surface area (Å²) in [5.41, 5.74) is 1.58. The van der Waals surface area contributed by atoms with Gasteiger partial charge < -0.3 is 5.32 Å². The first-order valence-corrected chi connectivity index (χ1v) is 4.50. The number of hydrogen-bond donors (Lipinski definition) is 1. The van der Waals surface area contributed by atoms with Gasteiger partial charge in [0.25, 0.3) is 0 Å². The molecule has 0 aromatic heterocycles. The van der Waals surface area contributed by atoms with E-state index >= 15 is 0 Å². The van der Waals surface area contributed by atoms with Crippen LogP contribution in [0, 0.1) is 5.92 Å². The Balaban J connectivity index is 2.03. The van der Waals surface area contributed by atoms with Crippen molar-refractivity contribution in [3.63, 3.8) is 0 Å². The van der Waals surface area contributed by atoms with Gasteiger partial charge in [0.2, 0.25) is 0 Å². The van der Waals surface area contributed by atoms with E-state index in [2.05, 4.69) is 11.4 Å². The second kappa shape index (κ2) is 3.00. The van der Waals surface area contributed by atoms with Crippen LogP contribution in [0.3, 0.4) is 0 Å². The molecule has 1 aliphatic carbocycles. The summed E-state index contributed by atoms with van der Waals surface area (Å²) in [5, 5.41) is 4.28. The van der Waals surface area contributed by atoms with Crippen molar-refractivity contribution in [3.05, 3.63) is 22.8 Å². The van der Waals surface area contributed by atoms with Crippen LogP contribution in [0.25, 0.3) is 0 Å². The Morgan fingerprint density at radius 3 is 2.55 bits per heavy atom. The number of allylic oxidation sites excluding steroid dienone is 3. The maximum Gasteiger partial charge on any atom is 0.0184 e. The third-order valence-electron chi connectivity index (χ3n) is 2.44. The van der Waals surface area contributed by atoms with Crippen molar-refractivity contribution < 1.29 is 0 Å². The van der Waals surface area contributed by atoms with Crippen LogP contribution in [0.4, 0.5) is 0 Å². The molecule has 0 unspecified atom stereocenters. The predicted octanol–water partition coefficient (Wildman–Crippen LogP) is 2.05. The van der Waals surface area contributed by atoms with Gasteiger partial charge in [-0.1, -0.05) is 23.3 Å². The lowest BCUT2D eigenvalue weighted by atomic mass is 9.88. The van der Waals surface area contributed by atoms with Crippen LogP contribution in [-0.2, 0) is 0 Å². The van der Waals surface area contributed by atoms with Gasteiger partial charge in [-0.3, -0.25) is 0 Å². The third-order valence-corrected chi connectivity index (χ3v) is 2.75. The van der Waals surface area contributed by atoms with Crippen molar-refractivity contribution in [3.8, 4) is 0 Å². The van der Waals surface area contributed by atoms with Gasteiger partial charge in [0.05, 0.1) is 0 Å². The summed E-state index contributed by atoms with van der Waals surface area (Å²) in [6.45, 7) is 2.33. The number of rotatable bonds is 1. The molecule has 1 N–H and O–H groups in total. The summed E-state index contributed by atoms with van der Waals surface area (Å²) in [6.07, 6.45) is 6.45. The van der Waals surface area contributed by atoms with Gasteiger partial charge in [0, 0.05) is 24.0 Å². The number of hydrogen-bond acceptors (Lipinski definition) is 1. The topological polar surface area (TPSA) is 12.0 Å². The molecule has 0 aromatic rings. The van der Waals surface area contributed by atoms with Gasteiger partial charge in [-0.05, 0) is 18.9 Å². The first-order valence-electron chi connectivity index (χ1n) is 4.12. The van der Waals surface area contributed by atoms with E-state index < -0.39 is 0 Å². The van der Waals surface area contributed by atoms with Crippen molar-refractivity contribution in [2.75, 3.05) is 13.1 Å². The zero-order valence-corrected chi connectivity index (χ0v) is 7.19. The largest absolute Gasteiger partial charge is 0.315 e. The molecule has 0 spiro atoms. The minimum absolute atomic E-state index is 0.802. The second-order valence-electron chi connectivity index (χ2n) is 3.21. The van der Waals surface area contributed by atoms with E-state index in [1.54, 1.807) is 5.57 Å². The van der Waals surface area contributed by atoms with E-state index in [0.29, 0.717) is 0 Å². The van der Waals surface area contributed by atoms with E-state index in [4.69, 9.17) is 11.6 Å². The molecule has 2 rings (SSSR count). The van der Waals surface area contributed by atoms with E-state index in [9.17, 15) is 0 Å². The molecule has 0 atom stereocenters. The minimum atomic E-state index is 0.802. The van der Waals surface area contributed by atoms with Crippen LogP contribution < -0.4 is 5.32 Å². The highest BCUT2D eigenvalue weighted by molar-refractivity contribution is 6.29. The lowest BCUT2D eigenvalue weighted by Crippen LogP contribution is -2.43. The van der Waals surface area contributed by atoms with Crippen molar-refractivity contribution in [1.82, 2.24) is 5.32 Å². The maximum atomic E-state index is 5.85. The smallest absolute Gasteiger partial charge is 0.0184 e. The standard InChI is InChI=1S/C9H12ClN/c10-9-3-1-7(2-4-9)8-5-11-6-8/h1,3,8,11H,2,4-6H2. The number of halogens is 1. The Morgan fingerprint density at radius 1 is 1.27 bits per heavy atom. The Hall–Kier alpha value is -0.270. The zero-order valence-electron chi connectivity index (χ0n) is 6.44. The second-order valence-corrected chi connectivity index (χ2v) is 3.70. The summed E-state index contributed by atoms with van der Waals surface area (Å²) in [4.78, 5) is 0. The van der Waals surface area contributed by atoms with Crippen molar-refractivity contribution in [1.29, 1.82) is 0 Å². The summed E-state index contributed by atoms with van der Waals surface area (Å²) < 4.78 is 0. The predicted molar refractivity (Wildman–Crippen MR) is 47.6 cm³/mol. The molecule has 2 aliphatic rings. The average Bonchev–Trinajstić information content (AvgIpc) is 1.90. The molecule has 1 aliphatic heterocycles. The van der Waals surface area contributed by atoms with Gasteiger partial charge in [-0.2, -0.15) is 0 Å². The summed E-state index contributed by atoms with van der Waals surface area (Å²) in [6, 6.07) is 0. The van der Waals surface area contributed by atoms with Crippen LogP contribution >= 0.6 is 11.6 Å². The Morgan fingerprint density at radius 2 is 2.09 bits per heavy atom. The molecule has 0 aromatic carbocycles. The van der Waals surface area contributed by atoms with Gasteiger partial charge >= 0.3 is 0 Å². The highest BCUT2D eigenvalue weighted by Crippen LogP contribution is 2.27. The quantitative estimate of drug-likeness (QED) is 0.634. The Bertz CT molecular complexity index is 214. The fourth-order valence-electron chi connectivity index (χ4n) is 1.52. The molecule has 11 heavy (non-hydrogen) atoms. The number of nitrogens with one attached hydrogen (secondary N) is 1. The molecular weight excluding hydrogens is 158 g/mol. The summed E-state index contributed by atoms with van der Waals surface area (Å²) in [7, 11) is 0. The van der Waals surface area contributed by atoms with Crippen LogP contribution in [0.1, 0.15) is 12.8 Å². The van der Waals surface area contributed by atoms with Gasteiger partial charge in [-0.15, -0.1) is 0 Å². The summed E-state index contributed by atoms with van der Waals surface area (Å²) in [5.74, 6) is 0.802. The molecule has 0 saturated carbocycles. The molecule has 1 nitrogen and oxygen atoms in total. The van der Waals surface area contributed by atoms with Crippen molar-refractivity contribution in [2.45, 2.75) is 12.8 Å². The van der Waals surface area contributed by atoms with Gasteiger partial charge in [-0.25, -0.2) is 0 Å². The van der Waals surface area contributed by atoms with E-state index in [1.807, 2.05) is 6.08 Å². The van der Waals surface area contributed by atoms with E-state index in [0.717, 1.165) is 30.5 Å². The fraction of sp³-hybridized carbons (Fsp3) is 0.556. The van der Waals surface area contributed by atoms with Gasteiger partial charge in [0.15, 0.2) is 0 Å². The first-order chi connectivity index (χ1) is 5.36. The lowest BCUT2D eigenvalue weighted by molar-refractivity contribution is 0.389. The third kappa shape index (κ3) is 1.49. The highest BCUT2D eigenvalue weighted by atomic mass is 35.5. The van der Waals surface area contributed by atoms with Crippen LogP contribution in [0.15, 0.2) is 22.8 Å². The zero-order chi connectivity index (χ0) is 7.68. The maximum absolute atomic E-state index is 5.85. The Labute approximate surface area is 72.1 Å². The minimum Gasteiger partial charge on any atom is -0.315 e. The molecule has 0 radical (unpaired) electrons. The molecule has 1 saturated heterocycles. The van der Waals surface area contributed by atoms with E-state index in [-0.39, 0.29) is 0 Å². The monoisotopic (exact) mass is 169 g/mol. The first kappa shape index (κ1) is 7.38. The van der Waals surface area contributed by atoms with Crippen LogP contribution in [0.5, 0.6) is 0 Å². The lowest BCUT2D eigenvalue weighted by Gasteiger charge is -2.30. The SMILES string of the molecule is ClC1=CC=C(C2CNC2)CC1. The molecular formula is C9H12ClN. The van der Waals surface area contributed by atoms with Crippen molar-refractivity contribution in [2.24, 2.45) is 5.92 Å². The molecule has 2 heteroatoms. The molecule has 0 amide bonds. The molecule has 0 bridgehead atoms. The molecule has 60 valence electrons. The molecule has 1 heterocycles. The highest BCUT2D eigenvalue weighted by Gasteiger charge is 2.21. The van der Waals surface area contributed by atoms with Crippen molar-refractivity contribution >= 4 is 11.6 Å².